The van der Waals surface area contributed by atoms with Crippen LogP contribution in [0.3, 0.4) is 0 Å². The highest BCUT2D eigenvalue weighted by Gasteiger charge is 2.45. The van der Waals surface area contributed by atoms with Crippen LogP contribution in [-0.4, -0.2) is 38.0 Å². The first-order valence-electron chi connectivity index (χ1n) is 9.34. The Bertz CT molecular complexity index is 1150. The van der Waals surface area contributed by atoms with Gasteiger partial charge in [-0.1, -0.05) is 12.1 Å². The van der Waals surface area contributed by atoms with Crippen molar-refractivity contribution in [2.24, 2.45) is 0 Å². The van der Waals surface area contributed by atoms with Crippen LogP contribution in [0.4, 0.5) is 0 Å². The Labute approximate surface area is 171 Å². The van der Waals surface area contributed by atoms with Crippen LogP contribution >= 0.6 is 0 Å². The summed E-state index contributed by atoms with van der Waals surface area (Å²) in [6, 6.07) is 9.98. The summed E-state index contributed by atoms with van der Waals surface area (Å²) in [5.74, 6) is -1.12. The minimum absolute atomic E-state index is 0.130. The Kier molecular flexibility index (Phi) is 4.99. The van der Waals surface area contributed by atoms with Gasteiger partial charge in [0.1, 0.15) is 11.3 Å². The third-order valence-electron chi connectivity index (χ3n) is 5.04. The standard InChI is InChI=1S/C22H20O8/c1-4-28-22(25)20-16(11-9-14(26-2)18(23)15(10-11)27-3)17-19(30-20)12-7-5-6-8-13(12)29-21(17)24/h5-10,16,20,23H,4H2,1-3H3/t16-,20+/m1/s1. The molecular formula is C22H20O8. The molecule has 2 aromatic carbocycles. The van der Waals surface area contributed by atoms with Crippen LogP contribution in [0.15, 0.2) is 45.6 Å². The number of ether oxygens (including phenoxy) is 4. The lowest BCUT2D eigenvalue weighted by molar-refractivity contribution is -0.151. The number of esters is 1. The highest BCUT2D eigenvalue weighted by Crippen LogP contribution is 2.48. The normalized spacial score (nSPS) is 17.3. The third kappa shape index (κ3) is 3.01. The molecule has 1 aliphatic heterocycles. The molecule has 0 radical (unpaired) electrons. The summed E-state index contributed by atoms with van der Waals surface area (Å²) in [6.45, 7) is 1.84. The lowest BCUT2D eigenvalue weighted by atomic mass is 9.88. The number of carbonyl (C=O) groups is 1. The molecule has 8 heteroatoms. The highest BCUT2D eigenvalue weighted by atomic mass is 16.6. The number of fused-ring (bicyclic) bond motifs is 3. The van der Waals surface area contributed by atoms with E-state index in [-0.39, 0.29) is 35.2 Å². The number of aromatic hydroxyl groups is 1. The molecule has 0 fully saturated rings. The summed E-state index contributed by atoms with van der Waals surface area (Å²) >= 11 is 0. The minimum Gasteiger partial charge on any atom is -0.502 e. The van der Waals surface area contributed by atoms with Gasteiger partial charge in [0, 0.05) is 0 Å². The van der Waals surface area contributed by atoms with Crippen LogP contribution in [0.2, 0.25) is 0 Å². The van der Waals surface area contributed by atoms with Crippen molar-refractivity contribution in [1.82, 2.24) is 0 Å². The van der Waals surface area contributed by atoms with Crippen molar-refractivity contribution in [2.45, 2.75) is 18.9 Å². The molecule has 30 heavy (non-hydrogen) atoms. The first-order chi connectivity index (χ1) is 14.5. The quantitative estimate of drug-likeness (QED) is 0.504. The van der Waals surface area contributed by atoms with Gasteiger partial charge in [-0.05, 0) is 36.8 Å². The molecule has 2 heterocycles. The maximum absolute atomic E-state index is 12.9. The number of phenolic OH excluding ortho intramolecular Hbond substituents is 1. The maximum Gasteiger partial charge on any atom is 0.348 e. The average molecular weight is 412 g/mol. The van der Waals surface area contributed by atoms with E-state index in [0.717, 1.165) is 0 Å². The molecule has 3 aromatic rings. The van der Waals surface area contributed by atoms with Gasteiger partial charge in [0.15, 0.2) is 11.5 Å². The summed E-state index contributed by atoms with van der Waals surface area (Å²) in [7, 11) is 2.78. The van der Waals surface area contributed by atoms with Gasteiger partial charge in [-0.25, -0.2) is 9.59 Å². The number of para-hydroxylation sites is 1. The zero-order chi connectivity index (χ0) is 21.4. The number of phenols is 1. The van der Waals surface area contributed by atoms with Gasteiger partial charge in [0.05, 0.1) is 37.7 Å². The zero-order valence-corrected chi connectivity index (χ0v) is 16.6. The van der Waals surface area contributed by atoms with Gasteiger partial charge < -0.3 is 28.5 Å². The second kappa shape index (κ2) is 7.62. The largest absolute Gasteiger partial charge is 0.502 e. The average Bonchev–Trinajstić information content (AvgIpc) is 3.16. The fourth-order valence-corrected chi connectivity index (χ4v) is 3.72. The molecule has 1 aromatic heterocycles. The summed E-state index contributed by atoms with van der Waals surface area (Å²) in [6.07, 6.45) is -1.12. The predicted octanol–water partition coefficient (Wildman–Crippen LogP) is 2.97. The Morgan fingerprint density at radius 3 is 2.43 bits per heavy atom. The Hall–Kier alpha value is -3.68. The molecular weight excluding hydrogens is 392 g/mol. The molecule has 0 saturated heterocycles. The smallest absolute Gasteiger partial charge is 0.348 e. The number of rotatable bonds is 5. The minimum atomic E-state index is -1.12. The number of hydrogen-bond acceptors (Lipinski definition) is 8. The molecule has 156 valence electrons. The first-order valence-corrected chi connectivity index (χ1v) is 9.34. The van der Waals surface area contributed by atoms with Crippen molar-refractivity contribution in [3.05, 3.63) is 57.9 Å². The lowest BCUT2D eigenvalue weighted by Crippen LogP contribution is -2.32. The van der Waals surface area contributed by atoms with Crippen molar-refractivity contribution < 1.29 is 33.3 Å². The van der Waals surface area contributed by atoms with E-state index in [1.54, 1.807) is 31.2 Å². The van der Waals surface area contributed by atoms with Gasteiger partial charge in [-0.2, -0.15) is 0 Å². The fourth-order valence-electron chi connectivity index (χ4n) is 3.72. The maximum atomic E-state index is 12.9. The van der Waals surface area contributed by atoms with E-state index < -0.39 is 23.6 Å². The Morgan fingerprint density at radius 2 is 1.80 bits per heavy atom. The second-order valence-electron chi connectivity index (χ2n) is 6.67. The van der Waals surface area contributed by atoms with Gasteiger partial charge in [0.25, 0.3) is 0 Å². The second-order valence-corrected chi connectivity index (χ2v) is 6.67. The molecule has 1 aliphatic rings. The van der Waals surface area contributed by atoms with Crippen molar-refractivity contribution >= 4 is 16.9 Å². The molecule has 1 N–H and O–H groups in total. The van der Waals surface area contributed by atoms with E-state index in [1.807, 2.05) is 0 Å². The molecule has 0 unspecified atom stereocenters. The molecule has 0 saturated carbocycles. The number of benzene rings is 2. The van der Waals surface area contributed by atoms with Gasteiger partial charge in [-0.15, -0.1) is 0 Å². The number of carbonyl (C=O) groups excluding carboxylic acids is 1. The molecule has 0 amide bonds. The summed E-state index contributed by atoms with van der Waals surface area (Å²) in [5, 5.41) is 10.8. The van der Waals surface area contributed by atoms with Gasteiger partial charge in [-0.3, -0.25) is 0 Å². The number of methoxy groups -OCH3 is 2. The summed E-state index contributed by atoms with van der Waals surface area (Å²) in [4.78, 5) is 25.6. The van der Waals surface area contributed by atoms with Gasteiger partial charge >= 0.3 is 11.6 Å². The SMILES string of the molecule is CCOC(=O)[C@H]1Oc2c(c(=O)oc3ccccc23)[C@H]1c1cc(OC)c(O)c(OC)c1. The zero-order valence-electron chi connectivity index (χ0n) is 16.6. The monoisotopic (exact) mass is 412 g/mol. The molecule has 0 bridgehead atoms. The van der Waals surface area contributed by atoms with Crippen LogP contribution in [0.1, 0.15) is 24.0 Å². The Morgan fingerprint density at radius 1 is 1.13 bits per heavy atom. The van der Waals surface area contributed by atoms with Crippen LogP contribution < -0.4 is 19.8 Å². The third-order valence-corrected chi connectivity index (χ3v) is 5.04. The predicted molar refractivity (Wildman–Crippen MR) is 107 cm³/mol. The molecule has 0 spiro atoms. The topological polar surface area (TPSA) is 104 Å². The van der Waals surface area contributed by atoms with Crippen LogP contribution in [0.5, 0.6) is 23.0 Å². The van der Waals surface area contributed by atoms with Crippen molar-refractivity contribution in [3.8, 4) is 23.0 Å². The summed E-state index contributed by atoms with van der Waals surface area (Å²) < 4.78 is 27.1. The number of hydrogen-bond donors (Lipinski definition) is 1. The first kappa shape index (κ1) is 19.6. The van der Waals surface area contributed by atoms with E-state index in [0.29, 0.717) is 16.5 Å². The summed E-state index contributed by atoms with van der Waals surface area (Å²) in [5.41, 5.74) is 0.402. The van der Waals surface area contributed by atoms with E-state index >= 15 is 0 Å². The van der Waals surface area contributed by atoms with E-state index in [2.05, 4.69) is 0 Å². The van der Waals surface area contributed by atoms with Crippen molar-refractivity contribution in [3.63, 3.8) is 0 Å². The molecule has 2 atom stereocenters. The van der Waals surface area contributed by atoms with E-state index in [4.69, 9.17) is 23.4 Å². The van der Waals surface area contributed by atoms with Gasteiger partial charge in [0.2, 0.25) is 11.9 Å². The molecule has 8 nitrogen and oxygen atoms in total. The highest BCUT2D eigenvalue weighted by molar-refractivity contribution is 5.88. The lowest BCUT2D eigenvalue weighted by Gasteiger charge is -2.19. The van der Waals surface area contributed by atoms with Crippen LogP contribution in [-0.2, 0) is 9.53 Å². The van der Waals surface area contributed by atoms with E-state index in [9.17, 15) is 14.7 Å². The van der Waals surface area contributed by atoms with Crippen molar-refractivity contribution in [1.29, 1.82) is 0 Å². The molecule has 0 aliphatic carbocycles. The van der Waals surface area contributed by atoms with Crippen LogP contribution in [0, 0.1) is 0 Å². The molecule has 4 rings (SSSR count). The Balaban J connectivity index is 1.98. The van der Waals surface area contributed by atoms with E-state index in [1.165, 1.54) is 26.4 Å². The fraction of sp³-hybridized carbons (Fsp3) is 0.273. The van der Waals surface area contributed by atoms with Crippen molar-refractivity contribution in [2.75, 3.05) is 20.8 Å². The van der Waals surface area contributed by atoms with Crippen LogP contribution in [0.25, 0.3) is 11.0 Å².